The van der Waals surface area contributed by atoms with Crippen LogP contribution in [0, 0.1) is 5.92 Å². The van der Waals surface area contributed by atoms with E-state index in [0.717, 1.165) is 40.1 Å². The number of carbonyl (C=O) groups excluding carboxylic acids is 2. The molecule has 152 valence electrons. The lowest BCUT2D eigenvalue weighted by atomic mass is 9.87. The van der Waals surface area contributed by atoms with Gasteiger partial charge in [0, 0.05) is 22.2 Å². The van der Waals surface area contributed by atoms with Crippen molar-refractivity contribution < 1.29 is 14.3 Å². The van der Waals surface area contributed by atoms with Gasteiger partial charge in [0.05, 0.1) is 18.7 Å². The van der Waals surface area contributed by atoms with E-state index >= 15 is 0 Å². The third-order valence-corrected chi connectivity index (χ3v) is 6.96. The number of ether oxygens (including phenoxy) is 1. The van der Waals surface area contributed by atoms with Crippen LogP contribution >= 0.6 is 22.7 Å². The van der Waals surface area contributed by atoms with Gasteiger partial charge in [-0.2, -0.15) is 0 Å². The number of carbonyl (C=O) groups is 2. The third kappa shape index (κ3) is 4.11. The standard InChI is InChI=1S/C20H22N4O3S2/c1-3-27-15(25)8-12-9-22-20(28-12)24-18(26)17-16(21)13-7-11-6-10(2)4-5-14(11)23-19(13)29-17/h7,9-10H,3-6,8,21H2,1-2H3,(H,22,24,26). The normalized spacial score (nSPS) is 15.9. The average Bonchev–Trinajstić information content (AvgIpc) is 3.24. The van der Waals surface area contributed by atoms with Gasteiger partial charge in [0.25, 0.3) is 5.91 Å². The molecule has 0 fully saturated rings. The number of fused-ring (bicyclic) bond motifs is 2. The fourth-order valence-electron chi connectivity index (χ4n) is 3.50. The van der Waals surface area contributed by atoms with Crippen LogP contribution in [-0.4, -0.2) is 28.5 Å². The summed E-state index contributed by atoms with van der Waals surface area (Å²) in [5.41, 5.74) is 9.11. The Kier molecular flexibility index (Phi) is 5.51. The van der Waals surface area contributed by atoms with Crippen LogP contribution in [0.25, 0.3) is 10.2 Å². The molecule has 3 heterocycles. The number of amides is 1. The zero-order valence-electron chi connectivity index (χ0n) is 16.3. The number of rotatable bonds is 5. The first-order valence-corrected chi connectivity index (χ1v) is 11.2. The predicted octanol–water partition coefficient (Wildman–Crippen LogP) is 3.82. The average molecular weight is 431 g/mol. The molecule has 3 N–H and O–H groups in total. The van der Waals surface area contributed by atoms with Crippen molar-refractivity contribution in [3.8, 4) is 0 Å². The molecule has 0 aromatic carbocycles. The number of anilines is 2. The molecule has 1 atom stereocenters. The van der Waals surface area contributed by atoms with Gasteiger partial charge in [0.1, 0.15) is 9.71 Å². The molecule has 0 saturated carbocycles. The van der Waals surface area contributed by atoms with Crippen molar-refractivity contribution in [1.82, 2.24) is 9.97 Å². The summed E-state index contributed by atoms with van der Waals surface area (Å²) in [5.74, 6) is 0.0131. The smallest absolute Gasteiger partial charge is 0.311 e. The van der Waals surface area contributed by atoms with Gasteiger partial charge in [-0.25, -0.2) is 9.97 Å². The van der Waals surface area contributed by atoms with E-state index in [1.807, 2.05) is 0 Å². The molecule has 0 saturated heterocycles. The fraction of sp³-hybridized carbons (Fsp3) is 0.400. The Morgan fingerprint density at radius 2 is 2.21 bits per heavy atom. The highest BCUT2D eigenvalue weighted by Gasteiger charge is 2.23. The molecule has 7 nitrogen and oxygen atoms in total. The number of hydrogen-bond donors (Lipinski definition) is 2. The SMILES string of the molecule is CCOC(=O)Cc1cnc(NC(=O)c2sc3nc4c(cc3c2N)CC(C)CC4)s1. The number of nitrogens with one attached hydrogen (secondary N) is 1. The van der Waals surface area contributed by atoms with Crippen molar-refractivity contribution in [1.29, 1.82) is 0 Å². The molecule has 0 spiro atoms. The molecule has 1 unspecified atom stereocenters. The van der Waals surface area contributed by atoms with Gasteiger partial charge >= 0.3 is 5.97 Å². The quantitative estimate of drug-likeness (QED) is 0.596. The second-order valence-electron chi connectivity index (χ2n) is 7.21. The second-order valence-corrected chi connectivity index (χ2v) is 9.32. The van der Waals surface area contributed by atoms with Crippen LogP contribution in [0.15, 0.2) is 12.3 Å². The van der Waals surface area contributed by atoms with Crippen LogP contribution < -0.4 is 11.1 Å². The number of nitrogen functional groups attached to an aromatic ring is 1. The maximum absolute atomic E-state index is 12.8. The summed E-state index contributed by atoms with van der Waals surface area (Å²) in [6.45, 7) is 4.34. The number of aromatic nitrogens is 2. The summed E-state index contributed by atoms with van der Waals surface area (Å²) in [7, 11) is 0. The zero-order chi connectivity index (χ0) is 20.5. The van der Waals surface area contributed by atoms with Gasteiger partial charge < -0.3 is 10.5 Å². The maximum atomic E-state index is 12.8. The molecule has 3 aromatic heterocycles. The van der Waals surface area contributed by atoms with Gasteiger partial charge in [-0.1, -0.05) is 6.92 Å². The van der Waals surface area contributed by atoms with Crippen molar-refractivity contribution in [2.24, 2.45) is 5.92 Å². The number of hydrogen-bond acceptors (Lipinski definition) is 8. The molecule has 3 aromatic rings. The lowest BCUT2D eigenvalue weighted by Crippen LogP contribution is -2.12. The molecule has 0 radical (unpaired) electrons. The summed E-state index contributed by atoms with van der Waals surface area (Å²) in [6.07, 6.45) is 4.81. The molecule has 0 aliphatic heterocycles. The first kappa shape index (κ1) is 19.8. The van der Waals surface area contributed by atoms with Crippen molar-refractivity contribution in [2.45, 2.75) is 39.5 Å². The lowest BCUT2D eigenvalue weighted by molar-refractivity contribution is -0.142. The molecule has 1 amide bonds. The number of thiophene rings is 1. The largest absolute Gasteiger partial charge is 0.466 e. The summed E-state index contributed by atoms with van der Waals surface area (Å²) in [4.78, 5) is 35.3. The minimum atomic E-state index is -0.313. The summed E-state index contributed by atoms with van der Waals surface area (Å²) in [6, 6.07) is 2.09. The highest BCUT2D eigenvalue weighted by atomic mass is 32.1. The first-order chi connectivity index (χ1) is 13.9. The van der Waals surface area contributed by atoms with E-state index < -0.39 is 0 Å². The number of esters is 1. The number of nitrogens with zero attached hydrogens (tertiary/aromatic N) is 2. The Labute approximate surface area is 176 Å². The van der Waals surface area contributed by atoms with Crippen LogP contribution in [0.1, 0.15) is 46.1 Å². The molecule has 29 heavy (non-hydrogen) atoms. The van der Waals surface area contributed by atoms with Crippen molar-refractivity contribution in [2.75, 3.05) is 17.7 Å². The second kappa shape index (κ2) is 8.08. The van der Waals surface area contributed by atoms with E-state index in [0.29, 0.717) is 28.2 Å². The van der Waals surface area contributed by atoms with E-state index in [2.05, 4.69) is 23.3 Å². The Hall–Kier alpha value is -2.52. The number of pyridine rings is 1. The van der Waals surface area contributed by atoms with E-state index in [4.69, 9.17) is 15.5 Å². The molecular formula is C20H22N4O3S2. The summed E-state index contributed by atoms with van der Waals surface area (Å²) in [5, 5.41) is 4.05. The first-order valence-electron chi connectivity index (χ1n) is 9.57. The molecular weight excluding hydrogens is 408 g/mol. The molecule has 0 bridgehead atoms. The highest BCUT2D eigenvalue weighted by molar-refractivity contribution is 7.21. The van der Waals surface area contributed by atoms with Gasteiger partial charge in [-0.3, -0.25) is 14.9 Å². The topological polar surface area (TPSA) is 107 Å². The van der Waals surface area contributed by atoms with Crippen LogP contribution in [0.4, 0.5) is 10.8 Å². The molecule has 4 rings (SSSR count). The number of aryl methyl sites for hydroxylation is 1. The maximum Gasteiger partial charge on any atom is 0.311 e. The van der Waals surface area contributed by atoms with Gasteiger partial charge in [0.15, 0.2) is 5.13 Å². The van der Waals surface area contributed by atoms with Crippen LogP contribution in [0.2, 0.25) is 0 Å². The monoisotopic (exact) mass is 430 g/mol. The van der Waals surface area contributed by atoms with Gasteiger partial charge in [0.2, 0.25) is 0 Å². The predicted molar refractivity (Wildman–Crippen MR) is 116 cm³/mol. The lowest BCUT2D eigenvalue weighted by Gasteiger charge is -2.20. The minimum absolute atomic E-state index is 0.139. The summed E-state index contributed by atoms with van der Waals surface area (Å²) < 4.78 is 4.93. The van der Waals surface area contributed by atoms with Crippen molar-refractivity contribution >= 4 is 55.6 Å². The fourth-order valence-corrected chi connectivity index (χ4v) is 5.28. The number of thiazole rings is 1. The van der Waals surface area contributed by atoms with E-state index in [1.165, 1.54) is 28.2 Å². The van der Waals surface area contributed by atoms with Crippen molar-refractivity contribution in [3.05, 3.63) is 33.3 Å². The number of nitrogens with two attached hydrogens (primary N) is 1. The van der Waals surface area contributed by atoms with Crippen molar-refractivity contribution in [3.63, 3.8) is 0 Å². The zero-order valence-corrected chi connectivity index (χ0v) is 17.9. The van der Waals surface area contributed by atoms with E-state index in [9.17, 15) is 9.59 Å². The van der Waals surface area contributed by atoms with Crippen LogP contribution in [0.5, 0.6) is 0 Å². The highest BCUT2D eigenvalue weighted by Crippen LogP contribution is 2.36. The van der Waals surface area contributed by atoms with Crippen LogP contribution in [-0.2, 0) is 28.8 Å². The minimum Gasteiger partial charge on any atom is -0.466 e. The summed E-state index contributed by atoms with van der Waals surface area (Å²) >= 11 is 2.55. The molecule has 1 aliphatic rings. The van der Waals surface area contributed by atoms with Gasteiger partial charge in [-0.05, 0) is 43.7 Å². The Morgan fingerprint density at radius 3 is 3.00 bits per heavy atom. The third-order valence-electron chi connectivity index (χ3n) is 4.94. The van der Waals surface area contributed by atoms with Gasteiger partial charge in [-0.15, -0.1) is 22.7 Å². The Morgan fingerprint density at radius 1 is 1.38 bits per heavy atom. The Bertz CT molecular complexity index is 1090. The van der Waals surface area contributed by atoms with E-state index in [-0.39, 0.29) is 18.3 Å². The molecule has 9 heteroatoms. The van der Waals surface area contributed by atoms with Crippen LogP contribution in [0.3, 0.4) is 0 Å². The Balaban J connectivity index is 1.54. The van der Waals surface area contributed by atoms with E-state index in [1.54, 1.807) is 13.1 Å². The molecule has 1 aliphatic carbocycles.